The molecule has 3 fully saturated rings. The van der Waals surface area contributed by atoms with Crippen LogP contribution in [-0.2, 0) is 0 Å². The van der Waals surface area contributed by atoms with Gasteiger partial charge in [0, 0.05) is 24.8 Å². The van der Waals surface area contributed by atoms with Crippen molar-refractivity contribution in [1.29, 1.82) is 0 Å². The van der Waals surface area contributed by atoms with Gasteiger partial charge >= 0.3 is 0 Å². The highest BCUT2D eigenvalue weighted by molar-refractivity contribution is 6.30. The zero-order valence-corrected chi connectivity index (χ0v) is 20.9. The first-order chi connectivity index (χ1) is 14.5. The van der Waals surface area contributed by atoms with Gasteiger partial charge in [0.2, 0.25) is 0 Å². The number of alkyl halides is 2. The van der Waals surface area contributed by atoms with Gasteiger partial charge in [0.15, 0.2) is 11.8 Å². The Kier molecular flexibility index (Phi) is 7.94. The highest BCUT2D eigenvalue weighted by atomic mass is 35.5. The summed E-state index contributed by atoms with van der Waals surface area (Å²) < 4.78 is 2.82. The molecule has 5 atom stereocenters. The van der Waals surface area contributed by atoms with Gasteiger partial charge in [0.05, 0.1) is 16.2 Å². The first-order valence-corrected chi connectivity index (χ1v) is 14.0. The lowest BCUT2D eigenvalue weighted by Gasteiger charge is -2.36. The molecular formula is C27H44Cl2N+. The Morgan fingerprint density at radius 1 is 0.967 bits per heavy atom. The Balaban J connectivity index is 1.56. The topological polar surface area (TPSA) is 3.01 Å². The van der Waals surface area contributed by atoms with Crippen molar-refractivity contribution in [1.82, 2.24) is 0 Å². The fourth-order valence-electron chi connectivity index (χ4n) is 7.23. The van der Waals surface area contributed by atoms with Crippen LogP contribution in [0.1, 0.15) is 104 Å². The Bertz CT molecular complexity index is 629. The number of halogens is 2. The Morgan fingerprint density at radius 2 is 1.63 bits per heavy atom. The molecule has 0 amide bonds. The molecule has 0 bridgehead atoms. The molecular weight excluding hydrogens is 409 g/mol. The summed E-state index contributed by atoms with van der Waals surface area (Å²) in [6, 6.07) is 0.585. The summed E-state index contributed by atoms with van der Waals surface area (Å²) in [7, 11) is 0. The fourth-order valence-corrected chi connectivity index (χ4v) is 7.81. The second kappa shape index (κ2) is 10.3. The summed E-state index contributed by atoms with van der Waals surface area (Å²) in [6.45, 7) is 6.13. The average Bonchev–Trinajstić information content (AvgIpc) is 3.34. The summed E-state index contributed by atoms with van der Waals surface area (Å²) in [6.07, 6.45) is 24.1. The summed E-state index contributed by atoms with van der Waals surface area (Å²) in [5, 5.41) is 0.245. The monoisotopic (exact) mass is 452 g/mol. The van der Waals surface area contributed by atoms with Crippen molar-refractivity contribution in [2.45, 2.75) is 121 Å². The van der Waals surface area contributed by atoms with Gasteiger partial charge in [0.1, 0.15) is 6.54 Å². The minimum Gasteiger partial charge on any atom is -0.230 e. The molecule has 1 heterocycles. The largest absolute Gasteiger partial charge is 0.230 e. The molecule has 1 nitrogen and oxygen atoms in total. The predicted octanol–water partition coefficient (Wildman–Crippen LogP) is 7.97. The van der Waals surface area contributed by atoms with Gasteiger partial charge in [-0.2, -0.15) is 0 Å². The maximum atomic E-state index is 6.73. The third-order valence-electron chi connectivity index (χ3n) is 9.31. The predicted molar refractivity (Wildman–Crippen MR) is 131 cm³/mol. The lowest BCUT2D eigenvalue weighted by molar-refractivity contribution is -0.566. The zero-order valence-electron chi connectivity index (χ0n) is 19.4. The smallest absolute Gasteiger partial charge is 0.182 e. The molecule has 1 aliphatic heterocycles. The van der Waals surface area contributed by atoms with Crippen LogP contribution in [0.4, 0.5) is 0 Å². The molecule has 5 unspecified atom stereocenters. The van der Waals surface area contributed by atoms with Crippen LogP contribution in [0.15, 0.2) is 12.2 Å². The average molecular weight is 454 g/mol. The zero-order chi connectivity index (χ0) is 21.1. The van der Waals surface area contributed by atoms with Gasteiger partial charge in [-0.1, -0.05) is 57.9 Å². The van der Waals surface area contributed by atoms with E-state index in [1.807, 2.05) is 0 Å². The van der Waals surface area contributed by atoms with E-state index in [1.54, 1.807) is 5.71 Å². The van der Waals surface area contributed by atoms with Crippen LogP contribution in [0, 0.1) is 23.2 Å². The Morgan fingerprint density at radius 3 is 2.33 bits per heavy atom. The maximum absolute atomic E-state index is 6.73. The van der Waals surface area contributed by atoms with Gasteiger partial charge in [0.25, 0.3) is 0 Å². The second-order valence-corrected chi connectivity index (χ2v) is 12.2. The molecule has 0 N–H and O–H groups in total. The van der Waals surface area contributed by atoms with E-state index in [-0.39, 0.29) is 16.2 Å². The van der Waals surface area contributed by atoms with E-state index in [2.05, 4.69) is 30.6 Å². The quantitative estimate of drug-likeness (QED) is 0.272. The highest BCUT2D eigenvalue weighted by Crippen LogP contribution is 2.50. The van der Waals surface area contributed by atoms with Crippen LogP contribution in [0.2, 0.25) is 0 Å². The van der Waals surface area contributed by atoms with Crippen LogP contribution in [0.3, 0.4) is 0 Å². The minimum atomic E-state index is 0.119. The first-order valence-electron chi connectivity index (χ1n) is 13.1. The van der Waals surface area contributed by atoms with Gasteiger partial charge < -0.3 is 0 Å². The van der Waals surface area contributed by atoms with Crippen LogP contribution < -0.4 is 0 Å². The van der Waals surface area contributed by atoms with Crippen molar-refractivity contribution < 1.29 is 4.58 Å². The normalized spacial score (nSPS) is 38.7. The van der Waals surface area contributed by atoms with Gasteiger partial charge in [-0.15, -0.1) is 23.2 Å². The molecule has 3 heteroatoms. The highest BCUT2D eigenvalue weighted by Gasteiger charge is 2.58. The third kappa shape index (κ3) is 4.83. The number of nitrogens with zero attached hydrogens (tertiary/aromatic N) is 1. The number of rotatable bonds is 7. The molecule has 0 aromatic carbocycles. The molecule has 0 aromatic heterocycles. The Hall–Kier alpha value is -0.0100. The second-order valence-electron chi connectivity index (χ2n) is 11.1. The van der Waals surface area contributed by atoms with Gasteiger partial charge in [-0.25, -0.2) is 4.58 Å². The van der Waals surface area contributed by atoms with E-state index in [0.717, 1.165) is 24.7 Å². The molecule has 0 aromatic rings. The standard InChI is InChI=1S/C27H44Cl2N/c1-3-27(2)22-18-23(28)24(29)19-25(22)30(17-9-14-20-10-5-4-6-11-20)26(27)16-15-21-12-7-8-13-21/h15-16,20-25H,3-14,17-19H2,1-2H3/q+1/b16-15+. The number of hydrogen-bond acceptors (Lipinski definition) is 0. The molecule has 0 saturated heterocycles. The molecule has 3 saturated carbocycles. The SMILES string of the molecule is CCC1(C)C(/C=C/C2CCCC2)=[N+](CCCC2CCCCC2)C2CC(Cl)C(Cl)CC21. The number of hydrogen-bond donors (Lipinski definition) is 0. The van der Waals surface area contributed by atoms with E-state index in [4.69, 9.17) is 23.2 Å². The summed E-state index contributed by atoms with van der Waals surface area (Å²) in [4.78, 5) is 0. The van der Waals surface area contributed by atoms with Crippen LogP contribution in [-0.4, -0.2) is 33.6 Å². The van der Waals surface area contributed by atoms with E-state index in [0.29, 0.717) is 12.0 Å². The van der Waals surface area contributed by atoms with Crippen molar-refractivity contribution in [3.63, 3.8) is 0 Å². The molecule has 4 rings (SSSR count). The van der Waals surface area contributed by atoms with Crippen LogP contribution in [0.25, 0.3) is 0 Å². The minimum absolute atomic E-state index is 0.119. The fraction of sp³-hybridized carbons (Fsp3) is 0.889. The maximum Gasteiger partial charge on any atom is 0.182 e. The third-order valence-corrected chi connectivity index (χ3v) is 10.4. The van der Waals surface area contributed by atoms with Crippen LogP contribution >= 0.6 is 23.2 Å². The van der Waals surface area contributed by atoms with Crippen molar-refractivity contribution in [2.75, 3.05) is 6.54 Å². The molecule has 170 valence electrons. The van der Waals surface area contributed by atoms with Gasteiger partial charge in [-0.05, 0) is 50.9 Å². The van der Waals surface area contributed by atoms with E-state index in [9.17, 15) is 0 Å². The van der Waals surface area contributed by atoms with Crippen molar-refractivity contribution in [3.8, 4) is 0 Å². The molecule has 4 aliphatic rings. The summed E-state index contributed by atoms with van der Waals surface area (Å²) >= 11 is 13.5. The summed E-state index contributed by atoms with van der Waals surface area (Å²) in [5.74, 6) is 2.43. The van der Waals surface area contributed by atoms with E-state index in [1.165, 1.54) is 83.6 Å². The van der Waals surface area contributed by atoms with Crippen molar-refractivity contribution in [3.05, 3.63) is 12.2 Å². The molecule has 3 aliphatic carbocycles. The number of fused-ring (bicyclic) bond motifs is 1. The number of allylic oxidation sites excluding steroid dienone is 2. The Labute approximate surface area is 195 Å². The van der Waals surface area contributed by atoms with Crippen molar-refractivity contribution in [2.24, 2.45) is 23.2 Å². The van der Waals surface area contributed by atoms with E-state index < -0.39 is 0 Å². The lowest BCUT2D eigenvalue weighted by Crippen LogP contribution is -2.43. The van der Waals surface area contributed by atoms with E-state index >= 15 is 0 Å². The first kappa shape index (κ1) is 23.2. The van der Waals surface area contributed by atoms with Crippen molar-refractivity contribution >= 4 is 28.9 Å². The molecule has 0 radical (unpaired) electrons. The molecule has 30 heavy (non-hydrogen) atoms. The van der Waals surface area contributed by atoms with Crippen LogP contribution in [0.5, 0.6) is 0 Å². The molecule has 0 spiro atoms. The summed E-state index contributed by atoms with van der Waals surface area (Å²) in [5.41, 5.74) is 1.86. The van der Waals surface area contributed by atoms with Gasteiger partial charge in [-0.3, -0.25) is 0 Å². The lowest BCUT2D eigenvalue weighted by atomic mass is 9.66.